The van der Waals surface area contributed by atoms with Gasteiger partial charge in [0.05, 0.1) is 0 Å². The van der Waals surface area contributed by atoms with E-state index in [9.17, 15) is 0 Å². The molecule has 1 aromatic rings. The van der Waals surface area contributed by atoms with E-state index in [1.165, 1.54) is 5.56 Å². The average molecular weight is 278 g/mol. The molecule has 0 spiro atoms. The number of hydrazine groups is 1. The molecule has 6 nitrogen and oxygen atoms in total. The first-order chi connectivity index (χ1) is 9.58. The number of nitrogens with one attached hydrogen (secondary N) is 1. The Morgan fingerprint density at radius 3 is 2.95 bits per heavy atom. The summed E-state index contributed by atoms with van der Waals surface area (Å²) in [5, 5.41) is 0. The largest absolute Gasteiger partial charge is 0.384 e. The van der Waals surface area contributed by atoms with Crippen molar-refractivity contribution in [3.8, 4) is 0 Å². The van der Waals surface area contributed by atoms with E-state index in [-0.39, 0.29) is 6.04 Å². The fourth-order valence-corrected chi connectivity index (χ4v) is 2.80. The van der Waals surface area contributed by atoms with Crippen molar-refractivity contribution in [2.24, 2.45) is 5.84 Å². The predicted molar refractivity (Wildman–Crippen MR) is 82.0 cm³/mol. The Morgan fingerprint density at radius 2 is 2.25 bits per heavy atom. The van der Waals surface area contributed by atoms with Crippen molar-refractivity contribution in [1.82, 2.24) is 20.2 Å². The summed E-state index contributed by atoms with van der Waals surface area (Å²) in [6.07, 6.45) is 3.65. The third-order valence-corrected chi connectivity index (χ3v) is 4.10. The van der Waals surface area contributed by atoms with E-state index in [2.05, 4.69) is 34.3 Å². The molecule has 1 aromatic heterocycles. The highest BCUT2D eigenvalue weighted by atomic mass is 15.3. The van der Waals surface area contributed by atoms with Crippen molar-refractivity contribution in [1.29, 1.82) is 0 Å². The van der Waals surface area contributed by atoms with Gasteiger partial charge in [-0.1, -0.05) is 0 Å². The SMILES string of the molecule is CN1CCN(C)C(CC(Cc2ccnc(N)c2)NN)C1. The predicted octanol–water partition coefficient (Wildman–Crippen LogP) is -0.326. The summed E-state index contributed by atoms with van der Waals surface area (Å²) in [5.74, 6) is 6.29. The molecule has 6 heteroatoms. The molecule has 2 rings (SSSR count). The molecule has 20 heavy (non-hydrogen) atoms. The standard InChI is InChI=1S/C14H26N6/c1-19-5-6-20(2)13(10-19)9-12(18-16)7-11-3-4-17-14(15)8-11/h3-4,8,12-13,18H,5-7,9-10,16H2,1-2H3,(H2,15,17). The number of aromatic nitrogens is 1. The van der Waals surface area contributed by atoms with E-state index in [1.807, 2.05) is 12.1 Å². The highest BCUT2D eigenvalue weighted by Crippen LogP contribution is 2.15. The van der Waals surface area contributed by atoms with Gasteiger partial charge in [-0.2, -0.15) is 0 Å². The van der Waals surface area contributed by atoms with E-state index in [0.29, 0.717) is 11.9 Å². The summed E-state index contributed by atoms with van der Waals surface area (Å²) >= 11 is 0. The molecule has 0 aromatic carbocycles. The van der Waals surface area contributed by atoms with Crippen LogP contribution in [0.5, 0.6) is 0 Å². The molecule has 5 N–H and O–H groups in total. The van der Waals surface area contributed by atoms with Crippen molar-refractivity contribution < 1.29 is 0 Å². The number of nitrogens with zero attached hydrogens (tertiary/aromatic N) is 3. The van der Waals surface area contributed by atoms with Gasteiger partial charge in [-0.05, 0) is 44.6 Å². The normalized spacial score (nSPS) is 22.9. The topological polar surface area (TPSA) is 83.4 Å². The van der Waals surface area contributed by atoms with Crippen LogP contribution < -0.4 is 17.0 Å². The van der Waals surface area contributed by atoms with Gasteiger partial charge in [-0.25, -0.2) is 4.98 Å². The van der Waals surface area contributed by atoms with Gasteiger partial charge >= 0.3 is 0 Å². The fraction of sp³-hybridized carbons (Fsp3) is 0.643. The minimum absolute atomic E-state index is 0.246. The first-order valence-corrected chi connectivity index (χ1v) is 7.14. The highest BCUT2D eigenvalue weighted by molar-refractivity contribution is 5.32. The first-order valence-electron chi connectivity index (χ1n) is 7.14. The Balaban J connectivity index is 1.94. The van der Waals surface area contributed by atoms with E-state index < -0.39 is 0 Å². The molecule has 2 unspecified atom stereocenters. The molecule has 0 aliphatic carbocycles. The van der Waals surface area contributed by atoms with Crippen LogP contribution in [0.3, 0.4) is 0 Å². The maximum absolute atomic E-state index is 5.73. The van der Waals surface area contributed by atoms with Crippen LogP contribution >= 0.6 is 0 Å². The van der Waals surface area contributed by atoms with Gasteiger partial charge in [0.1, 0.15) is 5.82 Å². The zero-order valence-corrected chi connectivity index (χ0v) is 12.4. The Morgan fingerprint density at radius 1 is 1.45 bits per heavy atom. The smallest absolute Gasteiger partial charge is 0.123 e. The Labute approximate surface area is 121 Å². The Bertz CT molecular complexity index is 424. The van der Waals surface area contributed by atoms with Crippen LogP contribution in [0.1, 0.15) is 12.0 Å². The maximum Gasteiger partial charge on any atom is 0.123 e. The lowest BCUT2D eigenvalue weighted by molar-refractivity contribution is 0.101. The average Bonchev–Trinajstić information content (AvgIpc) is 2.42. The second-order valence-corrected chi connectivity index (χ2v) is 5.79. The number of pyridine rings is 1. The Hall–Kier alpha value is -1.21. The minimum atomic E-state index is 0.246. The zero-order valence-electron chi connectivity index (χ0n) is 12.4. The molecule has 112 valence electrons. The Kier molecular flexibility index (Phi) is 5.31. The number of nitrogen functional groups attached to an aromatic ring is 1. The van der Waals surface area contributed by atoms with Gasteiger partial charge < -0.3 is 15.5 Å². The number of anilines is 1. The zero-order chi connectivity index (χ0) is 14.5. The van der Waals surface area contributed by atoms with Gasteiger partial charge in [-0.3, -0.25) is 11.3 Å². The van der Waals surface area contributed by atoms with Gasteiger partial charge in [0.25, 0.3) is 0 Å². The number of piperazine rings is 1. The first kappa shape index (κ1) is 15.2. The second kappa shape index (κ2) is 6.99. The van der Waals surface area contributed by atoms with Crippen molar-refractivity contribution in [3.63, 3.8) is 0 Å². The molecular formula is C14H26N6. The molecule has 0 amide bonds. The summed E-state index contributed by atoms with van der Waals surface area (Å²) < 4.78 is 0. The van der Waals surface area contributed by atoms with Crippen molar-refractivity contribution in [2.45, 2.75) is 24.9 Å². The van der Waals surface area contributed by atoms with Crippen LogP contribution in [0.15, 0.2) is 18.3 Å². The van der Waals surface area contributed by atoms with Crippen molar-refractivity contribution in [3.05, 3.63) is 23.9 Å². The highest BCUT2D eigenvalue weighted by Gasteiger charge is 2.25. The molecule has 0 saturated carbocycles. The minimum Gasteiger partial charge on any atom is -0.384 e. The van der Waals surface area contributed by atoms with Crippen LogP contribution in [0, 0.1) is 0 Å². The summed E-state index contributed by atoms with van der Waals surface area (Å²) in [4.78, 5) is 8.82. The van der Waals surface area contributed by atoms with E-state index >= 15 is 0 Å². The second-order valence-electron chi connectivity index (χ2n) is 5.79. The molecule has 0 radical (unpaired) electrons. The van der Waals surface area contributed by atoms with Gasteiger partial charge in [0.2, 0.25) is 0 Å². The van der Waals surface area contributed by atoms with Crippen LogP contribution in [0.4, 0.5) is 5.82 Å². The lowest BCUT2D eigenvalue weighted by Gasteiger charge is -2.39. The molecule has 1 saturated heterocycles. The van der Waals surface area contributed by atoms with E-state index in [1.54, 1.807) is 6.20 Å². The van der Waals surface area contributed by atoms with Gasteiger partial charge in [0, 0.05) is 37.9 Å². The molecule has 1 aliphatic heterocycles. The third-order valence-electron chi connectivity index (χ3n) is 4.10. The quantitative estimate of drug-likeness (QED) is 0.505. The number of hydrogen-bond acceptors (Lipinski definition) is 6. The molecule has 2 heterocycles. The van der Waals surface area contributed by atoms with E-state index in [0.717, 1.165) is 32.5 Å². The molecule has 2 atom stereocenters. The molecular weight excluding hydrogens is 252 g/mol. The van der Waals surface area contributed by atoms with Crippen molar-refractivity contribution in [2.75, 3.05) is 39.5 Å². The summed E-state index contributed by atoms with van der Waals surface area (Å²) in [5.41, 5.74) is 9.84. The third kappa shape index (κ3) is 4.14. The van der Waals surface area contributed by atoms with Gasteiger partial charge in [-0.15, -0.1) is 0 Å². The fourth-order valence-electron chi connectivity index (χ4n) is 2.80. The molecule has 1 aliphatic rings. The van der Waals surface area contributed by atoms with Crippen LogP contribution in [-0.4, -0.2) is 60.6 Å². The maximum atomic E-state index is 5.73. The monoisotopic (exact) mass is 278 g/mol. The van der Waals surface area contributed by atoms with Crippen LogP contribution in [-0.2, 0) is 6.42 Å². The van der Waals surface area contributed by atoms with Gasteiger partial charge in [0.15, 0.2) is 0 Å². The molecule has 0 bridgehead atoms. The summed E-state index contributed by atoms with van der Waals surface area (Å²) in [6, 6.07) is 4.70. The number of nitrogens with two attached hydrogens (primary N) is 2. The summed E-state index contributed by atoms with van der Waals surface area (Å²) in [6.45, 7) is 3.34. The van der Waals surface area contributed by atoms with Crippen molar-refractivity contribution >= 4 is 5.82 Å². The lowest BCUT2D eigenvalue weighted by atomic mass is 9.98. The van der Waals surface area contributed by atoms with Crippen LogP contribution in [0.25, 0.3) is 0 Å². The summed E-state index contributed by atoms with van der Waals surface area (Å²) in [7, 11) is 4.37. The van der Waals surface area contributed by atoms with Crippen LogP contribution in [0.2, 0.25) is 0 Å². The number of rotatable bonds is 5. The number of hydrogen-bond donors (Lipinski definition) is 3. The lowest BCUT2D eigenvalue weighted by Crippen LogP contribution is -2.53. The van der Waals surface area contributed by atoms with E-state index in [4.69, 9.17) is 11.6 Å². The molecule has 1 fully saturated rings. The number of likely N-dealkylation sites (N-methyl/N-ethyl adjacent to an activating group) is 2.